The Kier molecular flexibility index (Phi) is 6.78. The molecule has 0 aliphatic heterocycles. The minimum Gasteiger partial charge on any atom is -0.354 e. The summed E-state index contributed by atoms with van der Waals surface area (Å²) in [5.41, 5.74) is 0.930. The minimum absolute atomic E-state index is 0.270. The van der Waals surface area contributed by atoms with Gasteiger partial charge in [-0.3, -0.25) is 0 Å². The Morgan fingerprint density at radius 3 is 2.74 bits per heavy atom. The highest BCUT2D eigenvalue weighted by Gasteiger charge is 2.17. The Balaban J connectivity index is 3.05. The molecular weight excluding hydrogens is 241 g/mol. The van der Waals surface area contributed by atoms with Crippen molar-refractivity contribution < 1.29 is 4.39 Å². The average Bonchev–Trinajstić information content (AvgIpc) is 2.41. The highest BCUT2D eigenvalue weighted by atomic mass is 19.1. The zero-order valence-corrected chi connectivity index (χ0v) is 12.5. The van der Waals surface area contributed by atoms with E-state index in [2.05, 4.69) is 36.0 Å². The zero-order chi connectivity index (χ0) is 14.3. The van der Waals surface area contributed by atoms with Crippen molar-refractivity contribution in [1.29, 1.82) is 0 Å². The smallest absolute Gasteiger partial charge is 0.141 e. The number of halogens is 1. The van der Waals surface area contributed by atoms with Gasteiger partial charge in [-0.25, -0.2) is 9.37 Å². The van der Waals surface area contributed by atoms with Gasteiger partial charge in [0, 0.05) is 24.7 Å². The molecule has 0 spiro atoms. The van der Waals surface area contributed by atoms with Crippen LogP contribution in [0.4, 0.5) is 10.2 Å². The Hall–Kier alpha value is -1.16. The lowest BCUT2D eigenvalue weighted by molar-refractivity contribution is 0.577. The van der Waals surface area contributed by atoms with Gasteiger partial charge in [-0.2, -0.15) is 0 Å². The highest BCUT2D eigenvalue weighted by molar-refractivity contribution is 5.47. The monoisotopic (exact) mass is 267 g/mol. The van der Waals surface area contributed by atoms with Gasteiger partial charge >= 0.3 is 0 Å². The van der Waals surface area contributed by atoms with Crippen molar-refractivity contribution in [2.45, 2.75) is 52.6 Å². The second-order valence-electron chi connectivity index (χ2n) is 4.97. The highest BCUT2D eigenvalue weighted by Crippen LogP contribution is 2.22. The van der Waals surface area contributed by atoms with Crippen LogP contribution >= 0.6 is 0 Å². The van der Waals surface area contributed by atoms with Crippen LogP contribution < -0.4 is 10.2 Å². The summed E-state index contributed by atoms with van der Waals surface area (Å²) in [7, 11) is 1.87. The molecule has 1 N–H and O–H groups in total. The van der Waals surface area contributed by atoms with E-state index >= 15 is 0 Å². The van der Waals surface area contributed by atoms with Gasteiger partial charge in [-0.1, -0.05) is 20.3 Å². The van der Waals surface area contributed by atoms with Crippen LogP contribution in [-0.2, 0) is 6.54 Å². The maximum Gasteiger partial charge on any atom is 0.141 e. The summed E-state index contributed by atoms with van der Waals surface area (Å²) in [6.07, 6.45) is 4.65. The first-order valence-electron chi connectivity index (χ1n) is 7.19. The summed E-state index contributed by atoms with van der Waals surface area (Å²) in [4.78, 5) is 6.63. The number of anilines is 1. The Bertz CT molecular complexity index is 382. The quantitative estimate of drug-likeness (QED) is 0.783. The van der Waals surface area contributed by atoms with E-state index in [-0.39, 0.29) is 5.82 Å². The molecule has 108 valence electrons. The number of rotatable bonds is 8. The fourth-order valence-electron chi connectivity index (χ4n) is 2.14. The van der Waals surface area contributed by atoms with E-state index in [1.807, 2.05) is 7.05 Å². The number of nitrogens with zero attached hydrogens (tertiary/aromatic N) is 2. The number of nitrogens with one attached hydrogen (secondary N) is 1. The first kappa shape index (κ1) is 15.9. The van der Waals surface area contributed by atoms with E-state index in [1.54, 1.807) is 6.07 Å². The van der Waals surface area contributed by atoms with Crippen LogP contribution in [0.5, 0.6) is 0 Å². The van der Waals surface area contributed by atoms with E-state index in [0.29, 0.717) is 12.6 Å². The summed E-state index contributed by atoms with van der Waals surface area (Å²) >= 11 is 0. The molecular formula is C15H26FN3. The van der Waals surface area contributed by atoms with Gasteiger partial charge < -0.3 is 10.2 Å². The molecule has 1 atom stereocenters. The van der Waals surface area contributed by atoms with Gasteiger partial charge in [0.2, 0.25) is 0 Å². The molecule has 1 rings (SSSR count). The summed E-state index contributed by atoms with van der Waals surface area (Å²) in [5, 5.41) is 3.09. The van der Waals surface area contributed by atoms with Gasteiger partial charge in [0.05, 0.1) is 6.20 Å². The minimum atomic E-state index is -0.270. The topological polar surface area (TPSA) is 28.2 Å². The molecule has 0 amide bonds. The molecule has 1 aromatic rings. The van der Waals surface area contributed by atoms with E-state index in [4.69, 9.17) is 0 Å². The van der Waals surface area contributed by atoms with Crippen molar-refractivity contribution in [2.24, 2.45) is 0 Å². The number of unbranched alkanes of at least 4 members (excludes halogenated alkanes) is 1. The maximum absolute atomic E-state index is 13.4. The summed E-state index contributed by atoms with van der Waals surface area (Å²) < 4.78 is 13.4. The number of pyridine rings is 1. The molecule has 3 nitrogen and oxygen atoms in total. The van der Waals surface area contributed by atoms with Crippen molar-refractivity contribution in [1.82, 2.24) is 10.3 Å². The second-order valence-corrected chi connectivity index (χ2v) is 4.97. The van der Waals surface area contributed by atoms with E-state index in [1.165, 1.54) is 6.20 Å². The molecule has 0 saturated carbocycles. The Labute approximate surface area is 116 Å². The van der Waals surface area contributed by atoms with Crippen LogP contribution in [0, 0.1) is 5.82 Å². The number of hydrogen-bond acceptors (Lipinski definition) is 3. The van der Waals surface area contributed by atoms with Gasteiger partial charge in [0.25, 0.3) is 0 Å². The number of hydrogen-bond donors (Lipinski definition) is 1. The molecule has 0 saturated heterocycles. The molecule has 19 heavy (non-hydrogen) atoms. The first-order chi connectivity index (χ1) is 9.13. The van der Waals surface area contributed by atoms with Crippen LogP contribution in [0.1, 0.15) is 45.6 Å². The fraction of sp³-hybridized carbons (Fsp3) is 0.667. The SMILES string of the molecule is CCCCN(c1ncc(F)cc1CNC)C(C)CC. The molecule has 0 aromatic carbocycles. The first-order valence-corrected chi connectivity index (χ1v) is 7.19. The predicted octanol–water partition coefficient (Wildman–Crippen LogP) is 3.35. The molecule has 0 radical (unpaired) electrons. The largest absolute Gasteiger partial charge is 0.354 e. The van der Waals surface area contributed by atoms with Crippen LogP contribution in [0.15, 0.2) is 12.3 Å². The molecule has 0 fully saturated rings. The lowest BCUT2D eigenvalue weighted by atomic mass is 10.1. The third-order valence-electron chi connectivity index (χ3n) is 3.42. The fourth-order valence-corrected chi connectivity index (χ4v) is 2.14. The maximum atomic E-state index is 13.4. The van der Waals surface area contributed by atoms with Crippen LogP contribution in [0.2, 0.25) is 0 Å². The van der Waals surface area contributed by atoms with Crippen molar-refractivity contribution in [3.05, 3.63) is 23.6 Å². The van der Waals surface area contributed by atoms with Crippen molar-refractivity contribution in [2.75, 3.05) is 18.5 Å². The van der Waals surface area contributed by atoms with E-state index in [9.17, 15) is 4.39 Å². The van der Waals surface area contributed by atoms with Crippen LogP contribution in [0.25, 0.3) is 0 Å². The zero-order valence-electron chi connectivity index (χ0n) is 12.5. The van der Waals surface area contributed by atoms with Gasteiger partial charge in [-0.05, 0) is 32.9 Å². The van der Waals surface area contributed by atoms with Crippen molar-refractivity contribution in [3.63, 3.8) is 0 Å². The molecule has 4 heteroatoms. The Morgan fingerprint density at radius 1 is 1.42 bits per heavy atom. The third kappa shape index (κ3) is 4.46. The molecule has 1 heterocycles. The van der Waals surface area contributed by atoms with Gasteiger partial charge in [-0.15, -0.1) is 0 Å². The summed E-state index contributed by atoms with van der Waals surface area (Å²) in [6, 6.07) is 2.00. The lowest BCUT2D eigenvalue weighted by Crippen LogP contribution is -2.35. The molecule has 0 aliphatic carbocycles. The normalized spacial score (nSPS) is 12.5. The second kappa shape index (κ2) is 8.10. The van der Waals surface area contributed by atoms with Gasteiger partial charge in [0.15, 0.2) is 0 Å². The molecule has 1 unspecified atom stereocenters. The Morgan fingerprint density at radius 2 is 2.16 bits per heavy atom. The number of aromatic nitrogens is 1. The van der Waals surface area contributed by atoms with E-state index in [0.717, 1.165) is 37.2 Å². The van der Waals surface area contributed by atoms with Crippen LogP contribution in [0.3, 0.4) is 0 Å². The predicted molar refractivity (Wildman–Crippen MR) is 79.0 cm³/mol. The molecule has 0 bridgehead atoms. The molecule has 1 aromatic heterocycles. The molecule has 0 aliphatic rings. The van der Waals surface area contributed by atoms with E-state index < -0.39 is 0 Å². The van der Waals surface area contributed by atoms with Crippen molar-refractivity contribution in [3.8, 4) is 0 Å². The lowest BCUT2D eigenvalue weighted by Gasteiger charge is -2.31. The summed E-state index contributed by atoms with van der Waals surface area (Å²) in [6.45, 7) is 8.16. The van der Waals surface area contributed by atoms with Crippen molar-refractivity contribution >= 4 is 5.82 Å². The van der Waals surface area contributed by atoms with Crippen LogP contribution in [-0.4, -0.2) is 24.6 Å². The standard InChI is InChI=1S/C15H26FN3/c1-5-7-8-19(12(3)6-2)15-13(10-17-4)9-14(16)11-18-15/h9,11-12,17H,5-8,10H2,1-4H3. The summed E-state index contributed by atoms with van der Waals surface area (Å²) in [5.74, 6) is 0.646. The third-order valence-corrected chi connectivity index (χ3v) is 3.42. The van der Waals surface area contributed by atoms with Gasteiger partial charge in [0.1, 0.15) is 11.6 Å². The average molecular weight is 267 g/mol.